The first kappa shape index (κ1) is 32.7. The minimum Gasteiger partial charge on any atom is -0.569 e. The lowest BCUT2D eigenvalue weighted by Crippen LogP contribution is -2.35. The summed E-state index contributed by atoms with van der Waals surface area (Å²) in [5.41, 5.74) is 4.32. The van der Waals surface area contributed by atoms with Crippen LogP contribution in [-0.2, 0) is 29.1 Å². The van der Waals surface area contributed by atoms with Crippen LogP contribution in [-0.4, -0.2) is 73.0 Å². The highest BCUT2D eigenvalue weighted by molar-refractivity contribution is 7.90. The highest BCUT2D eigenvalue weighted by Crippen LogP contribution is 2.25. The Labute approximate surface area is 249 Å². The number of ether oxygens (including phenoxy) is 3. The van der Waals surface area contributed by atoms with Gasteiger partial charge in [-0.3, -0.25) is 4.84 Å². The van der Waals surface area contributed by atoms with Crippen molar-refractivity contribution < 1.29 is 42.0 Å². The van der Waals surface area contributed by atoms with Gasteiger partial charge < -0.3 is 19.4 Å². The van der Waals surface area contributed by atoms with Gasteiger partial charge in [-0.1, -0.05) is 29.8 Å². The van der Waals surface area contributed by atoms with Gasteiger partial charge in [-0.05, 0) is 58.0 Å². The van der Waals surface area contributed by atoms with E-state index in [0.717, 1.165) is 27.5 Å². The van der Waals surface area contributed by atoms with Crippen LogP contribution >= 0.6 is 0 Å². The number of hydrogen-bond donors (Lipinski definition) is 1. The number of nitrogens with zero attached hydrogens (tertiary/aromatic N) is 5. The Morgan fingerprint density at radius 2 is 1.72 bits per heavy atom. The molecule has 0 saturated carbocycles. The van der Waals surface area contributed by atoms with Gasteiger partial charge in [0.1, 0.15) is 13.2 Å². The third-order valence-electron chi connectivity index (χ3n) is 5.59. The largest absolute Gasteiger partial charge is 0.569 e. The number of sulfonamides is 1. The van der Waals surface area contributed by atoms with Crippen molar-refractivity contribution >= 4 is 22.3 Å². The molecule has 0 aliphatic heterocycles. The first-order valence-electron chi connectivity index (χ1n) is 13.1. The van der Waals surface area contributed by atoms with E-state index in [9.17, 15) is 23.2 Å². The van der Waals surface area contributed by atoms with Crippen molar-refractivity contribution in [1.82, 2.24) is 19.5 Å². The quantitative estimate of drug-likeness (QED) is 0.101. The molecule has 0 spiro atoms. The summed E-state index contributed by atoms with van der Waals surface area (Å²) in [6, 6.07) is 15.7. The smallest absolute Gasteiger partial charge is 0.511 e. The second kappa shape index (κ2) is 14.4. The first-order chi connectivity index (χ1) is 20.2. The van der Waals surface area contributed by atoms with E-state index in [1.807, 2.05) is 48.9 Å². The topological polar surface area (TPSA) is 177 Å². The van der Waals surface area contributed by atoms with Crippen molar-refractivity contribution in [3.63, 3.8) is 0 Å². The van der Waals surface area contributed by atoms with Gasteiger partial charge in [-0.15, -0.1) is 5.01 Å². The second-order valence-electron chi connectivity index (χ2n) is 9.61. The Hall–Kier alpha value is -4.86. The normalized spacial score (nSPS) is 12.4. The molecule has 0 saturated heterocycles. The maximum Gasteiger partial charge on any atom is 0.511 e. The standard InChI is InChI=1S/C27H34N6O9S/c1-18(2)40-27(35)41-21(5)42-30-33(36)31(6)15-16-39-26(34)29-43(37,38)24-13-11-23(12-14-24)32-25(17-20(4)28-32)22-9-7-19(3)8-10-22/h7-14,17-18,21H,15-16H2,1-6H3,(H,29,34)/b33-30-. The highest BCUT2D eigenvalue weighted by Gasteiger charge is 2.20. The molecule has 3 rings (SSSR count). The third kappa shape index (κ3) is 9.59. The summed E-state index contributed by atoms with van der Waals surface area (Å²) in [6.45, 7) is 7.91. The van der Waals surface area contributed by atoms with Crippen LogP contribution in [0.5, 0.6) is 0 Å². The average molecular weight is 619 g/mol. The Bertz CT molecular complexity index is 1540. The Kier molecular flexibility index (Phi) is 10.9. The zero-order chi connectivity index (χ0) is 31.7. The number of carbonyl (C=O) groups is 2. The van der Waals surface area contributed by atoms with Crippen LogP contribution in [0.25, 0.3) is 16.9 Å². The van der Waals surface area contributed by atoms with Crippen molar-refractivity contribution in [1.29, 1.82) is 0 Å². The van der Waals surface area contributed by atoms with Gasteiger partial charge in [0.25, 0.3) is 16.3 Å². The van der Waals surface area contributed by atoms with Gasteiger partial charge in [0.05, 0.1) is 40.1 Å². The number of hydrazine groups is 1. The number of aryl methyl sites for hydroxylation is 2. The molecule has 0 radical (unpaired) electrons. The molecule has 2 aromatic carbocycles. The maximum atomic E-state index is 12.7. The summed E-state index contributed by atoms with van der Waals surface area (Å²) in [5, 5.41) is 20.7. The molecule has 1 atom stereocenters. The summed E-state index contributed by atoms with van der Waals surface area (Å²) in [4.78, 5) is 28.2. The van der Waals surface area contributed by atoms with E-state index in [0.29, 0.717) is 5.69 Å². The molecule has 3 aromatic rings. The molecule has 1 amide bonds. The molecule has 1 unspecified atom stereocenters. The SMILES string of the molecule is Cc1ccc(-c2cc(C)nn2-c2ccc(S(=O)(=O)NC(=O)OCCN(C)/[N+]([O-])=N/OC(C)OC(=O)OC(C)C)cc2)cc1. The van der Waals surface area contributed by atoms with E-state index in [1.165, 1.54) is 26.1 Å². The second-order valence-corrected chi connectivity index (χ2v) is 11.3. The molecule has 0 aliphatic carbocycles. The molecule has 232 valence electrons. The first-order valence-corrected chi connectivity index (χ1v) is 14.6. The Morgan fingerprint density at radius 3 is 2.35 bits per heavy atom. The van der Waals surface area contributed by atoms with Crippen LogP contribution in [0.2, 0.25) is 0 Å². The number of carbonyl (C=O) groups excluding carboxylic acids is 2. The van der Waals surface area contributed by atoms with Gasteiger partial charge in [0.2, 0.25) is 5.28 Å². The fourth-order valence-electron chi connectivity index (χ4n) is 3.49. The van der Waals surface area contributed by atoms with Gasteiger partial charge >= 0.3 is 12.2 Å². The summed E-state index contributed by atoms with van der Waals surface area (Å²) >= 11 is 0. The highest BCUT2D eigenvalue weighted by atomic mass is 32.2. The third-order valence-corrected chi connectivity index (χ3v) is 6.92. The summed E-state index contributed by atoms with van der Waals surface area (Å²) in [5.74, 6) is 0. The van der Waals surface area contributed by atoms with Crippen LogP contribution in [0, 0.1) is 19.1 Å². The number of aromatic nitrogens is 2. The van der Waals surface area contributed by atoms with Crippen LogP contribution in [0.3, 0.4) is 0 Å². The monoisotopic (exact) mass is 618 g/mol. The predicted octanol–water partition coefficient (Wildman–Crippen LogP) is 4.22. The van der Waals surface area contributed by atoms with Crippen LogP contribution in [0.1, 0.15) is 32.0 Å². The lowest BCUT2D eigenvalue weighted by Gasteiger charge is -2.15. The molecule has 0 aliphatic rings. The lowest BCUT2D eigenvalue weighted by atomic mass is 10.1. The fourth-order valence-corrected chi connectivity index (χ4v) is 4.38. The van der Waals surface area contributed by atoms with E-state index in [2.05, 4.69) is 10.4 Å². The molecule has 0 bridgehead atoms. The van der Waals surface area contributed by atoms with E-state index >= 15 is 0 Å². The van der Waals surface area contributed by atoms with E-state index in [-0.39, 0.29) is 23.0 Å². The molecular formula is C27H34N6O9S. The van der Waals surface area contributed by atoms with E-state index in [4.69, 9.17) is 19.0 Å². The molecule has 16 heteroatoms. The van der Waals surface area contributed by atoms with E-state index < -0.39 is 34.7 Å². The summed E-state index contributed by atoms with van der Waals surface area (Å²) < 4.78 is 43.4. The number of rotatable bonds is 12. The Balaban J connectivity index is 1.52. The molecule has 15 nitrogen and oxygen atoms in total. The van der Waals surface area contributed by atoms with Crippen LogP contribution in [0.4, 0.5) is 9.59 Å². The maximum absolute atomic E-state index is 12.7. The van der Waals surface area contributed by atoms with Gasteiger partial charge in [-0.2, -0.15) is 5.10 Å². The lowest BCUT2D eigenvalue weighted by molar-refractivity contribution is -0.707. The van der Waals surface area contributed by atoms with Gasteiger partial charge in [-0.25, -0.2) is 27.4 Å². The summed E-state index contributed by atoms with van der Waals surface area (Å²) in [6.07, 6.45) is -3.84. The van der Waals surface area contributed by atoms with Crippen molar-refractivity contribution in [3.8, 4) is 16.9 Å². The molecule has 1 heterocycles. The van der Waals surface area contributed by atoms with Gasteiger partial charge in [0.15, 0.2) is 0 Å². The van der Waals surface area contributed by atoms with Gasteiger partial charge in [0, 0.05) is 12.5 Å². The van der Waals surface area contributed by atoms with E-state index in [1.54, 1.807) is 30.7 Å². The Morgan fingerprint density at radius 1 is 1.07 bits per heavy atom. The number of likely N-dealkylation sites (N-methyl/N-ethyl adjacent to an activating group) is 1. The number of nitrogens with one attached hydrogen (secondary N) is 1. The fraction of sp³-hybridized carbons (Fsp3) is 0.370. The zero-order valence-corrected chi connectivity index (χ0v) is 25.4. The molecule has 1 N–H and O–H groups in total. The van der Waals surface area contributed by atoms with Crippen molar-refractivity contribution in [3.05, 3.63) is 71.1 Å². The molecule has 43 heavy (non-hydrogen) atoms. The van der Waals surface area contributed by atoms with Crippen LogP contribution in [0.15, 0.2) is 64.8 Å². The van der Waals surface area contributed by atoms with Crippen molar-refractivity contribution in [2.45, 2.75) is 51.9 Å². The zero-order valence-electron chi connectivity index (χ0n) is 24.6. The molecular weight excluding hydrogens is 584 g/mol. The van der Waals surface area contributed by atoms with Crippen molar-refractivity contribution in [2.75, 3.05) is 20.2 Å². The number of benzene rings is 2. The number of amides is 1. The minimum atomic E-state index is -4.25. The average Bonchev–Trinajstić information content (AvgIpc) is 3.32. The minimum absolute atomic E-state index is 0.0263. The molecule has 1 aromatic heterocycles. The predicted molar refractivity (Wildman–Crippen MR) is 152 cm³/mol. The molecule has 0 fully saturated rings. The van der Waals surface area contributed by atoms with Crippen LogP contribution < -0.4 is 4.72 Å². The summed E-state index contributed by atoms with van der Waals surface area (Å²) in [7, 11) is -2.94. The number of hydrogen-bond acceptors (Lipinski definition) is 11. The van der Waals surface area contributed by atoms with Crippen molar-refractivity contribution in [2.24, 2.45) is 5.28 Å².